The van der Waals surface area contributed by atoms with Crippen molar-refractivity contribution in [2.24, 2.45) is 11.8 Å². The van der Waals surface area contributed by atoms with Crippen LogP contribution in [0.1, 0.15) is 49.0 Å². The summed E-state index contributed by atoms with van der Waals surface area (Å²) in [6.07, 6.45) is 3.23. The predicted molar refractivity (Wildman–Crippen MR) is 161 cm³/mol. The number of ether oxygens (including phenoxy) is 3. The Kier molecular flexibility index (Phi) is 11.3. The molecule has 2 atom stereocenters. The van der Waals surface area contributed by atoms with Crippen molar-refractivity contribution in [3.63, 3.8) is 0 Å². The molecule has 0 unspecified atom stereocenters. The minimum atomic E-state index is -0.0343. The molecule has 0 radical (unpaired) electrons. The van der Waals surface area contributed by atoms with Gasteiger partial charge in [-0.2, -0.15) is 0 Å². The van der Waals surface area contributed by atoms with Gasteiger partial charge in [-0.05, 0) is 74.4 Å². The molecule has 0 bridgehead atoms. The Morgan fingerprint density at radius 3 is 2.32 bits per heavy atom. The van der Waals surface area contributed by atoms with E-state index in [0.717, 1.165) is 37.9 Å². The third-order valence-corrected chi connectivity index (χ3v) is 8.22. The second kappa shape index (κ2) is 14.9. The number of halogens is 1. The number of carbonyl (C=O) groups excluding carboxylic acids is 2. The van der Waals surface area contributed by atoms with Crippen molar-refractivity contribution in [2.75, 3.05) is 53.6 Å². The Balaban J connectivity index is 1.43. The standard InChI is InChI=1S/C32H44ClN3O5/c1-22(2)35(32(38)24-8-13-29(40-4)30(17-24)41-15-5-14-39-3)20-25-18-34-19-26(25)21-36(28-11-12-28)31(37)16-23-6-9-27(33)10-7-23/h6-10,13,17,22,25-26,28,34H,5,11-12,14-16,18-21H2,1-4H3/t25-,26-/m0/s1. The molecule has 1 N–H and O–H groups in total. The molecule has 4 rings (SSSR count). The summed E-state index contributed by atoms with van der Waals surface area (Å²) in [7, 11) is 3.26. The third kappa shape index (κ3) is 8.60. The van der Waals surface area contributed by atoms with Gasteiger partial charge in [-0.1, -0.05) is 23.7 Å². The number of rotatable bonds is 15. The Morgan fingerprint density at radius 2 is 1.68 bits per heavy atom. The van der Waals surface area contributed by atoms with E-state index in [9.17, 15) is 9.59 Å². The van der Waals surface area contributed by atoms with Crippen molar-refractivity contribution >= 4 is 23.4 Å². The summed E-state index contributed by atoms with van der Waals surface area (Å²) in [6, 6.07) is 13.2. The number of nitrogens with zero attached hydrogens (tertiary/aromatic N) is 2. The van der Waals surface area contributed by atoms with Crippen LogP contribution in [0.3, 0.4) is 0 Å². The first kappa shape index (κ1) is 31.1. The first-order valence-electron chi connectivity index (χ1n) is 14.7. The normalized spacial score (nSPS) is 18.4. The van der Waals surface area contributed by atoms with E-state index in [2.05, 4.69) is 10.2 Å². The summed E-state index contributed by atoms with van der Waals surface area (Å²) in [4.78, 5) is 31.2. The molecule has 2 aromatic carbocycles. The van der Waals surface area contributed by atoms with Gasteiger partial charge in [-0.3, -0.25) is 9.59 Å². The average Bonchev–Trinajstić information content (AvgIpc) is 3.71. The van der Waals surface area contributed by atoms with E-state index in [0.29, 0.717) is 60.9 Å². The van der Waals surface area contributed by atoms with E-state index in [-0.39, 0.29) is 29.7 Å². The fourth-order valence-electron chi connectivity index (χ4n) is 5.44. The van der Waals surface area contributed by atoms with Gasteiger partial charge in [0, 0.05) is 69.0 Å². The largest absolute Gasteiger partial charge is 0.493 e. The summed E-state index contributed by atoms with van der Waals surface area (Å²) in [5.74, 6) is 1.79. The highest BCUT2D eigenvalue weighted by molar-refractivity contribution is 6.30. The maximum Gasteiger partial charge on any atom is 0.254 e. The SMILES string of the molecule is COCCCOc1cc(C(=O)N(C[C@@H]2CNC[C@H]2CN(C(=O)Cc2ccc(Cl)cc2)C2CC2)C(C)C)ccc1OC. The summed E-state index contributed by atoms with van der Waals surface area (Å²) in [5, 5.41) is 4.20. The van der Waals surface area contributed by atoms with Crippen LogP contribution in [0.2, 0.25) is 5.02 Å². The molecule has 1 aliphatic heterocycles. The fraction of sp³-hybridized carbons (Fsp3) is 0.562. The number of hydrogen-bond donors (Lipinski definition) is 1. The number of carbonyl (C=O) groups is 2. The van der Waals surface area contributed by atoms with Gasteiger partial charge >= 0.3 is 0 Å². The lowest BCUT2D eigenvalue weighted by molar-refractivity contribution is -0.131. The first-order chi connectivity index (χ1) is 19.8. The van der Waals surface area contributed by atoms with Crippen LogP contribution in [0.15, 0.2) is 42.5 Å². The fourth-order valence-corrected chi connectivity index (χ4v) is 5.57. The van der Waals surface area contributed by atoms with Gasteiger partial charge in [0.05, 0.1) is 20.1 Å². The molecule has 0 aromatic heterocycles. The van der Waals surface area contributed by atoms with Crippen LogP contribution in [0.4, 0.5) is 0 Å². The molecular formula is C32H44ClN3O5. The Hall–Kier alpha value is -2.81. The highest BCUT2D eigenvalue weighted by Crippen LogP contribution is 2.32. The highest BCUT2D eigenvalue weighted by atomic mass is 35.5. The molecule has 2 aromatic rings. The molecule has 8 nitrogen and oxygen atoms in total. The van der Waals surface area contributed by atoms with Crippen LogP contribution < -0.4 is 14.8 Å². The van der Waals surface area contributed by atoms with Crippen molar-refractivity contribution in [2.45, 2.75) is 51.6 Å². The molecule has 0 spiro atoms. The van der Waals surface area contributed by atoms with Gasteiger partial charge in [0.1, 0.15) is 0 Å². The maximum atomic E-state index is 13.8. The quantitative estimate of drug-likeness (QED) is 0.306. The van der Waals surface area contributed by atoms with Crippen LogP contribution >= 0.6 is 11.6 Å². The lowest BCUT2D eigenvalue weighted by Gasteiger charge is -2.34. The molecule has 2 amide bonds. The van der Waals surface area contributed by atoms with Crippen molar-refractivity contribution in [3.8, 4) is 11.5 Å². The van der Waals surface area contributed by atoms with E-state index in [1.54, 1.807) is 32.4 Å². The van der Waals surface area contributed by atoms with Gasteiger partial charge < -0.3 is 29.3 Å². The van der Waals surface area contributed by atoms with E-state index in [1.807, 2.05) is 43.0 Å². The molecule has 2 fully saturated rings. The number of hydrogen-bond acceptors (Lipinski definition) is 6. The predicted octanol–water partition coefficient (Wildman–Crippen LogP) is 4.68. The van der Waals surface area contributed by atoms with Gasteiger partial charge in [0.25, 0.3) is 5.91 Å². The van der Waals surface area contributed by atoms with Crippen molar-refractivity contribution in [3.05, 3.63) is 58.6 Å². The molecule has 1 saturated heterocycles. The van der Waals surface area contributed by atoms with Crippen molar-refractivity contribution < 1.29 is 23.8 Å². The molecule has 1 aliphatic carbocycles. The van der Waals surface area contributed by atoms with Crippen LogP contribution in [0.25, 0.3) is 0 Å². The van der Waals surface area contributed by atoms with E-state index >= 15 is 0 Å². The van der Waals surface area contributed by atoms with Gasteiger partial charge in [-0.25, -0.2) is 0 Å². The van der Waals surface area contributed by atoms with Crippen LogP contribution in [-0.4, -0.2) is 87.3 Å². The smallest absolute Gasteiger partial charge is 0.254 e. The maximum absolute atomic E-state index is 13.8. The van der Waals surface area contributed by atoms with E-state index in [4.69, 9.17) is 25.8 Å². The minimum absolute atomic E-state index is 0.0167. The Bertz CT molecular complexity index is 1150. The first-order valence-corrected chi connectivity index (χ1v) is 15.0. The van der Waals surface area contributed by atoms with Gasteiger partial charge in [0.2, 0.25) is 5.91 Å². The van der Waals surface area contributed by atoms with Crippen LogP contribution in [0.5, 0.6) is 11.5 Å². The monoisotopic (exact) mass is 585 g/mol. The number of methoxy groups -OCH3 is 2. The number of amides is 2. The molecule has 1 heterocycles. The van der Waals surface area contributed by atoms with Crippen molar-refractivity contribution in [1.82, 2.24) is 15.1 Å². The van der Waals surface area contributed by atoms with Crippen LogP contribution in [0, 0.1) is 11.8 Å². The molecule has 1 saturated carbocycles. The Labute approximate surface area is 249 Å². The average molecular weight is 586 g/mol. The van der Waals surface area contributed by atoms with E-state index in [1.165, 1.54) is 0 Å². The number of benzene rings is 2. The molecular weight excluding hydrogens is 542 g/mol. The summed E-state index contributed by atoms with van der Waals surface area (Å²) in [5.41, 5.74) is 1.55. The topological polar surface area (TPSA) is 80.3 Å². The zero-order chi connectivity index (χ0) is 29.4. The van der Waals surface area contributed by atoms with Crippen LogP contribution in [-0.2, 0) is 16.0 Å². The summed E-state index contributed by atoms with van der Waals surface area (Å²) < 4.78 is 16.5. The molecule has 41 heavy (non-hydrogen) atoms. The molecule has 2 aliphatic rings. The molecule has 9 heteroatoms. The molecule has 224 valence electrons. The summed E-state index contributed by atoms with van der Waals surface area (Å²) in [6.45, 7) is 8.15. The number of nitrogens with one attached hydrogen (secondary N) is 1. The minimum Gasteiger partial charge on any atom is -0.493 e. The second-order valence-corrected chi connectivity index (χ2v) is 11.8. The highest BCUT2D eigenvalue weighted by Gasteiger charge is 2.38. The van der Waals surface area contributed by atoms with Gasteiger partial charge in [0.15, 0.2) is 11.5 Å². The van der Waals surface area contributed by atoms with E-state index < -0.39 is 0 Å². The lowest BCUT2D eigenvalue weighted by atomic mass is 9.93. The lowest BCUT2D eigenvalue weighted by Crippen LogP contribution is -2.45. The second-order valence-electron chi connectivity index (χ2n) is 11.4. The zero-order valence-electron chi connectivity index (χ0n) is 24.7. The third-order valence-electron chi connectivity index (χ3n) is 7.96. The summed E-state index contributed by atoms with van der Waals surface area (Å²) >= 11 is 6.03. The zero-order valence-corrected chi connectivity index (χ0v) is 25.5. The van der Waals surface area contributed by atoms with Crippen molar-refractivity contribution in [1.29, 1.82) is 0 Å². The Morgan fingerprint density at radius 1 is 0.976 bits per heavy atom. The van der Waals surface area contributed by atoms with Gasteiger partial charge in [-0.15, -0.1) is 0 Å².